The average molecular weight is 363 g/mol. The summed E-state index contributed by atoms with van der Waals surface area (Å²) in [6.45, 7) is 1.28. The van der Waals surface area contributed by atoms with Gasteiger partial charge >= 0.3 is 6.18 Å². The number of hydrogen-bond donors (Lipinski definition) is 2. The maximum Gasteiger partial charge on any atom is 0.403 e. The number of carbonyl (C=O) groups is 3. The smallest absolute Gasteiger partial charge is 0.391 e. The van der Waals surface area contributed by atoms with Crippen LogP contribution in [0.3, 0.4) is 0 Å². The molecule has 3 rings (SSSR count). The standard InChI is InChI=1S/C15H20F3N3O4/c1-8(22)9(10(19)23)20-7-14(12(20)25)3-2-6-21(14)11(24)13(4-5-13)15(16,17)18/h8-9,22H,2-7H2,1H3,(H2,19,23)/t8-,9+,14?/m1/s1. The maximum absolute atomic E-state index is 13.3. The van der Waals surface area contributed by atoms with Crippen LogP contribution in [0.4, 0.5) is 13.2 Å². The first kappa shape index (κ1) is 18.0. The molecule has 0 aromatic heterocycles. The maximum atomic E-state index is 13.3. The van der Waals surface area contributed by atoms with Crippen molar-refractivity contribution in [3.05, 3.63) is 0 Å². The summed E-state index contributed by atoms with van der Waals surface area (Å²) in [5, 5.41) is 9.66. The van der Waals surface area contributed by atoms with Gasteiger partial charge < -0.3 is 20.6 Å². The van der Waals surface area contributed by atoms with E-state index in [1.165, 1.54) is 6.92 Å². The first-order valence-corrected chi connectivity index (χ1v) is 8.15. The Morgan fingerprint density at radius 3 is 2.28 bits per heavy atom. The average Bonchev–Trinajstić information content (AvgIpc) is 3.20. The monoisotopic (exact) mass is 363 g/mol. The van der Waals surface area contributed by atoms with Crippen molar-refractivity contribution in [3.63, 3.8) is 0 Å². The molecule has 0 aromatic rings. The summed E-state index contributed by atoms with van der Waals surface area (Å²) in [6.07, 6.45) is -5.73. The van der Waals surface area contributed by atoms with Crippen LogP contribution in [-0.4, -0.2) is 69.6 Å². The van der Waals surface area contributed by atoms with Crippen LogP contribution in [0.2, 0.25) is 0 Å². The molecule has 1 saturated carbocycles. The Labute approximate surface area is 141 Å². The highest BCUT2D eigenvalue weighted by atomic mass is 19.4. The molecule has 25 heavy (non-hydrogen) atoms. The Morgan fingerprint density at radius 2 is 1.88 bits per heavy atom. The normalized spacial score (nSPS) is 30.2. The molecule has 1 spiro atoms. The summed E-state index contributed by atoms with van der Waals surface area (Å²) in [5.74, 6) is -2.58. The molecule has 1 aliphatic carbocycles. The molecule has 1 unspecified atom stereocenters. The Balaban J connectivity index is 1.83. The van der Waals surface area contributed by atoms with E-state index in [-0.39, 0.29) is 32.4 Å². The fraction of sp³-hybridized carbons (Fsp3) is 0.800. The molecule has 2 saturated heterocycles. The van der Waals surface area contributed by atoms with Crippen LogP contribution in [0.25, 0.3) is 0 Å². The van der Waals surface area contributed by atoms with E-state index < -0.39 is 47.0 Å². The van der Waals surface area contributed by atoms with Crippen molar-refractivity contribution in [1.82, 2.24) is 9.80 Å². The first-order chi connectivity index (χ1) is 11.5. The van der Waals surface area contributed by atoms with Gasteiger partial charge in [-0.05, 0) is 32.6 Å². The third kappa shape index (κ3) is 2.33. The van der Waals surface area contributed by atoms with Crippen molar-refractivity contribution in [1.29, 1.82) is 0 Å². The lowest BCUT2D eigenvalue weighted by Gasteiger charge is -2.54. The molecule has 2 aliphatic heterocycles. The SMILES string of the molecule is C[C@@H](O)[C@@H](C(N)=O)N1CC2(CCCN2C(=O)C2(C(F)(F)F)CC2)C1=O. The van der Waals surface area contributed by atoms with E-state index in [9.17, 15) is 32.7 Å². The summed E-state index contributed by atoms with van der Waals surface area (Å²) >= 11 is 0. The van der Waals surface area contributed by atoms with Crippen molar-refractivity contribution in [3.8, 4) is 0 Å². The lowest BCUT2D eigenvalue weighted by molar-refractivity contribution is -0.206. The van der Waals surface area contributed by atoms with Crippen LogP contribution in [0.15, 0.2) is 0 Å². The van der Waals surface area contributed by atoms with Crippen LogP contribution in [0, 0.1) is 5.41 Å². The molecule has 3 aliphatic rings. The number of amides is 3. The van der Waals surface area contributed by atoms with E-state index in [1.807, 2.05) is 0 Å². The summed E-state index contributed by atoms with van der Waals surface area (Å²) in [7, 11) is 0. The predicted octanol–water partition coefficient (Wildman–Crippen LogP) is -0.233. The Morgan fingerprint density at radius 1 is 1.28 bits per heavy atom. The van der Waals surface area contributed by atoms with E-state index in [0.717, 1.165) is 9.80 Å². The van der Waals surface area contributed by atoms with Crippen molar-refractivity contribution >= 4 is 17.7 Å². The number of rotatable bonds is 4. The van der Waals surface area contributed by atoms with Crippen molar-refractivity contribution in [2.75, 3.05) is 13.1 Å². The minimum absolute atomic E-state index is 0.0756. The van der Waals surface area contributed by atoms with Crippen LogP contribution < -0.4 is 5.73 Å². The molecule has 0 bridgehead atoms. The fourth-order valence-corrected chi connectivity index (χ4v) is 4.04. The number of aliphatic hydroxyl groups excluding tert-OH is 1. The second-order valence-corrected chi connectivity index (χ2v) is 7.19. The lowest BCUT2D eigenvalue weighted by atomic mass is 9.82. The summed E-state index contributed by atoms with van der Waals surface area (Å²) in [4.78, 5) is 38.8. The van der Waals surface area contributed by atoms with Crippen molar-refractivity contribution < 1.29 is 32.7 Å². The van der Waals surface area contributed by atoms with Crippen LogP contribution in [0.5, 0.6) is 0 Å². The Kier molecular flexibility index (Phi) is 3.83. The minimum atomic E-state index is -4.64. The fourth-order valence-electron chi connectivity index (χ4n) is 4.04. The van der Waals surface area contributed by atoms with E-state index in [0.29, 0.717) is 6.42 Å². The Hall–Kier alpha value is -1.84. The molecule has 3 atom stereocenters. The number of aliphatic hydroxyl groups is 1. The van der Waals surface area contributed by atoms with Gasteiger partial charge in [0, 0.05) is 6.54 Å². The molecular weight excluding hydrogens is 343 g/mol. The van der Waals surface area contributed by atoms with E-state index in [2.05, 4.69) is 0 Å². The van der Waals surface area contributed by atoms with Gasteiger partial charge in [0.1, 0.15) is 17.0 Å². The zero-order valence-corrected chi connectivity index (χ0v) is 13.7. The van der Waals surface area contributed by atoms with E-state index >= 15 is 0 Å². The van der Waals surface area contributed by atoms with Crippen LogP contribution in [0.1, 0.15) is 32.6 Å². The molecule has 2 heterocycles. The van der Waals surface area contributed by atoms with Gasteiger partial charge in [0.05, 0.1) is 12.6 Å². The van der Waals surface area contributed by atoms with Gasteiger partial charge in [-0.1, -0.05) is 0 Å². The number of nitrogens with two attached hydrogens (primary N) is 1. The topological polar surface area (TPSA) is 104 Å². The second kappa shape index (κ2) is 5.33. The summed E-state index contributed by atoms with van der Waals surface area (Å²) < 4.78 is 39.8. The van der Waals surface area contributed by atoms with Gasteiger partial charge in [0.2, 0.25) is 11.8 Å². The van der Waals surface area contributed by atoms with Gasteiger partial charge in [-0.2, -0.15) is 13.2 Å². The minimum Gasteiger partial charge on any atom is -0.391 e. The third-order valence-electron chi connectivity index (χ3n) is 5.61. The number of hydrogen-bond acceptors (Lipinski definition) is 4. The molecule has 3 fully saturated rings. The van der Waals surface area contributed by atoms with Crippen LogP contribution in [-0.2, 0) is 14.4 Å². The van der Waals surface area contributed by atoms with Crippen molar-refractivity contribution in [2.45, 2.75) is 56.5 Å². The second-order valence-electron chi connectivity index (χ2n) is 7.19. The highest BCUT2D eigenvalue weighted by Crippen LogP contribution is 2.60. The number of likely N-dealkylation sites (tertiary alicyclic amines) is 2. The highest BCUT2D eigenvalue weighted by Gasteiger charge is 2.73. The molecule has 10 heteroatoms. The highest BCUT2D eigenvalue weighted by molar-refractivity contribution is 6.01. The molecule has 0 aromatic carbocycles. The number of halogens is 3. The number of alkyl halides is 3. The molecule has 140 valence electrons. The van der Waals surface area contributed by atoms with E-state index in [4.69, 9.17) is 5.73 Å². The number of primary amides is 1. The zero-order valence-electron chi connectivity index (χ0n) is 13.7. The van der Waals surface area contributed by atoms with Gasteiger partial charge in [0.15, 0.2) is 0 Å². The zero-order chi connectivity index (χ0) is 18.8. The van der Waals surface area contributed by atoms with E-state index in [1.54, 1.807) is 0 Å². The molecular formula is C15H20F3N3O4. The lowest BCUT2D eigenvalue weighted by Crippen LogP contribution is -2.77. The Bertz CT molecular complexity index is 632. The largest absolute Gasteiger partial charge is 0.403 e. The number of carbonyl (C=O) groups excluding carboxylic acids is 3. The number of nitrogens with zero attached hydrogens (tertiary/aromatic N) is 2. The quantitative estimate of drug-likeness (QED) is 0.673. The third-order valence-corrected chi connectivity index (χ3v) is 5.61. The van der Waals surface area contributed by atoms with Gasteiger partial charge in [0.25, 0.3) is 5.91 Å². The number of β-lactam (4-membered cyclic amide) rings is 1. The molecule has 3 amide bonds. The summed E-state index contributed by atoms with van der Waals surface area (Å²) in [6, 6.07) is -1.26. The van der Waals surface area contributed by atoms with Crippen molar-refractivity contribution in [2.24, 2.45) is 11.1 Å². The molecule has 3 N–H and O–H groups in total. The van der Waals surface area contributed by atoms with Gasteiger partial charge in [-0.3, -0.25) is 14.4 Å². The van der Waals surface area contributed by atoms with Gasteiger partial charge in [-0.25, -0.2) is 0 Å². The van der Waals surface area contributed by atoms with Crippen LogP contribution >= 0.6 is 0 Å². The first-order valence-electron chi connectivity index (χ1n) is 8.15. The van der Waals surface area contributed by atoms with Gasteiger partial charge in [-0.15, -0.1) is 0 Å². The summed E-state index contributed by atoms with van der Waals surface area (Å²) in [5.41, 5.74) is 1.48. The molecule has 7 nitrogen and oxygen atoms in total. The molecule has 0 radical (unpaired) electrons. The predicted molar refractivity (Wildman–Crippen MR) is 77.8 cm³/mol.